The fourth-order valence-electron chi connectivity index (χ4n) is 13.2. The zero-order valence-corrected chi connectivity index (χ0v) is 30.3. The van der Waals surface area contributed by atoms with E-state index in [0.717, 1.165) is 35.5 Å². The molecule has 2 atom stereocenters. The van der Waals surface area contributed by atoms with Crippen molar-refractivity contribution < 1.29 is 4.21 Å². The van der Waals surface area contributed by atoms with E-state index < -0.39 is 11.0 Å². The van der Waals surface area contributed by atoms with Gasteiger partial charge in [-0.1, -0.05) is 74.7 Å². The van der Waals surface area contributed by atoms with Crippen molar-refractivity contribution in [3.63, 3.8) is 0 Å². The first-order valence-electron chi connectivity index (χ1n) is 18.6. The molecule has 0 saturated heterocycles. The molecule has 3 aromatic carbocycles. The first kappa shape index (κ1) is 30.5. The molecule has 4 heteroatoms. The van der Waals surface area contributed by atoms with Gasteiger partial charge in [0.15, 0.2) is 0 Å². The van der Waals surface area contributed by atoms with Crippen LogP contribution in [0.25, 0.3) is 10.8 Å². The summed E-state index contributed by atoms with van der Waals surface area (Å²) in [6.45, 7) is 6.43. The molecule has 11 rings (SSSR count). The lowest BCUT2D eigenvalue weighted by Crippen LogP contribution is -2.58. The average Bonchev–Trinajstić information content (AvgIpc) is 2.99. The number of hydrogen-bond acceptors (Lipinski definition) is 1. The molecular formula is C42H54NOPS. The SMILES string of the molecule is CN([C@@H](c1ccccc1P(C12CC3CC(CC(C3)C1)C2)C12CC3CC(CC(C3)C1)C2)c1cccc2ccccc12)S(=O)C(C)(C)C. The smallest absolute Gasteiger partial charge is 0.100 e. The van der Waals surface area contributed by atoms with Crippen LogP contribution in [0, 0.1) is 35.5 Å². The standard InChI is InChI=1S/C42H54NOPS/c1-40(2,3)46(44)43(4)39(36-14-9-11-34-10-5-6-12-35(34)36)37-13-7-8-15-38(37)45(41-22-28-16-29(23-41)18-30(17-28)24-41)42-25-31-19-32(26-42)21-33(20-31)27-42/h5-15,28-33,39H,16-27H2,1-4H3/t28?,29?,30?,31?,32?,33?,39-,41?,42?,45?,46?/m1/s1. The van der Waals surface area contributed by atoms with Crippen molar-refractivity contribution in [1.29, 1.82) is 0 Å². The van der Waals surface area contributed by atoms with Gasteiger partial charge >= 0.3 is 0 Å². The minimum Gasteiger partial charge on any atom is -0.242 e. The van der Waals surface area contributed by atoms with Gasteiger partial charge in [-0.3, -0.25) is 0 Å². The predicted molar refractivity (Wildman–Crippen MR) is 196 cm³/mol. The molecular weight excluding hydrogens is 598 g/mol. The summed E-state index contributed by atoms with van der Waals surface area (Å²) < 4.78 is 16.4. The quantitative estimate of drug-likeness (QED) is 0.233. The minimum atomic E-state index is -1.16. The molecule has 1 unspecified atom stereocenters. The van der Waals surface area contributed by atoms with Crippen LogP contribution in [0.3, 0.4) is 0 Å². The molecule has 0 heterocycles. The lowest BCUT2D eigenvalue weighted by atomic mass is 9.55. The molecule has 0 amide bonds. The Morgan fingerprint density at radius 3 is 1.61 bits per heavy atom. The van der Waals surface area contributed by atoms with E-state index in [4.69, 9.17) is 0 Å². The lowest BCUT2D eigenvalue weighted by molar-refractivity contribution is 0.0195. The van der Waals surface area contributed by atoms with Crippen LogP contribution in [-0.4, -0.2) is 30.6 Å². The number of nitrogens with zero attached hydrogens (tertiary/aromatic N) is 1. The largest absolute Gasteiger partial charge is 0.242 e. The van der Waals surface area contributed by atoms with Crippen LogP contribution < -0.4 is 5.30 Å². The van der Waals surface area contributed by atoms with Crippen LogP contribution in [0.1, 0.15) is 115 Å². The van der Waals surface area contributed by atoms with Crippen LogP contribution >= 0.6 is 7.92 Å². The van der Waals surface area contributed by atoms with Gasteiger partial charge in [0.05, 0.1) is 10.8 Å². The Bertz CT molecular complexity index is 1550. The second kappa shape index (κ2) is 11.0. The van der Waals surface area contributed by atoms with Crippen LogP contribution in [0.15, 0.2) is 66.7 Å². The summed E-state index contributed by atoms with van der Waals surface area (Å²) in [6.07, 6.45) is 18.0. The first-order valence-corrected chi connectivity index (χ1v) is 21.1. The topological polar surface area (TPSA) is 20.3 Å². The van der Waals surface area contributed by atoms with Gasteiger partial charge in [0.1, 0.15) is 11.0 Å². The molecule has 8 aliphatic rings. The monoisotopic (exact) mass is 651 g/mol. The maximum atomic E-state index is 14.5. The highest BCUT2D eigenvalue weighted by Gasteiger charge is 2.63. The zero-order chi connectivity index (χ0) is 31.4. The van der Waals surface area contributed by atoms with E-state index in [1.54, 1.807) is 5.30 Å². The minimum absolute atomic E-state index is 0.0461. The summed E-state index contributed by atoms with van der Waals surface area (Å²) in [5.41, 5.74) is 2.79. The van der Waals surface area contributed by atoms with Gasteiger partial charge in [-0.15, -0.1) is 0 Å². The molecule has 0 aliphatic heterocycles. The van der Waals surface area contributed by atoms with Crippen LogP contribution in [0.5, 0.6) is 0 Å². The van der Waals surface area contributed by atoms with Gasteiger partial charge in [-0.25, -0.2) is 8.51 Å². The third-order valence-corrected chi connectivity index (χ3v) is 19.4. The lowest BCUT2D eigenvalue weighted by Gasteiger charge is -2.67. The zero-order valence-electron chi connectivity index (χ0n) is 28.6. The summed E-state index contributed by atoms with van der Waals surface area (Å²) in [6, 6.07) is 25.5. The van der Waals surface area contributed by atoms with Crippen molar-refractivity contribution in [1.82, 2.24) is 4.31 Å². The fourth-order valence-corrected chi connectivity index (χ4v) is 19.8. The molecule has 3 aromatic rings. The van der Waals surface area contributed by atoms with Gasteiger partial charge in [-0.05, 0) is 171 Å². The Morgan fingerprint density at radius 2 is 1.09 bits per heavy atom. The molecule has 2 nitrogen and oxygen atoms in total. The van der Waals surface area contributed by atoms with Gasteiger partial charge in [0, 0.05) is 7.05 Å². The van der Waals surface area contributed by atoms with E-state index >= 15 is 0 Å². The van der Waals surface area contributed by atoms with Crippen molar-refractivity contribution in [2.75, 3.05) is 7.05 Å². The second-order valence-corrected chi connectivity index (χ2v) is 23.4. The Kier molecular flexibility index (Phi) is 7.29. The van der Waals surface area contributed by atoms with Crippen LogP contribution in [0.2, 0.25) is 0 Å². The fraction of sp³-hybridized carbons (Fsp3) is 0.619. The van der Waals surface area contributed by atoms with Crippen molar-refractivity contribution in [3.05, 3.63) is 77.9 Å². The summed E-state index contributed by atoms with van der Waals surface area (Å²) >= 11 is 0. The predicted octanol–water partition coefficient (Wildman–Crippen LogP) is 10.4. The number of rotatable bonds is 7. The van der Waals surface area contributed by atoms with Gasteiger partial charge in [-0.2, -0.15) is 0 Å². The van der Waals surface area contributed by atoms with E-state index in [-0.39, 0.29) is 18.7 Å². The van der Waals surface area contributed by atoms with Crippen molar-refractivity contribution in [3.8, 4) is 0 Å². The van der Waals surface area contributed by atoms with E-state index in [9.17, 15) is 4.21 Å². The number of benzene rings is 3. The van der Waals surface area contributed by atoms with E-state index in [1.807, 2.05) is 0 Å². The van der Waals surface area contributed by atoms with Crippen molar-refractivity contribution >= 4 is 35.0 Å². The van der Waals surface area contributed by atoms with Gasteiger partial charge in [0.2, 0.25) is 0 Å². The molecule has 8 saturated carbocycles. The summed E-state index contributed by atoms with van der Waals surface area (Å²) in [7, 11) is 0.609. The van der Waals surface area contributed by atoms with Crippen molar-refractivity contribution in [2.45, 2.75) is 119 Å². The van der Waals surface area contributed by atoms with E-state index in [1.165, 1.54) is 98.9 Å². The Morgan fingerprint density at radius 1 is 0.652 bits per heavy atom. The van der Waals surface area contributed by atoms with Gasteiger partial charge < -0.3 is 0 Å². The molecule has 8 fully saturated rings. The molecule has 8 bridgehead atoms. The second-order valence-electron chi connectivity index (χ2n) is 18.1. The number of hydrogen-bond donors (Lipinski definition) is 0. The summed E-state index contributed by atoms with van der Waals surface area (Å²) in [5, 5.41) is 5.28. The maximum Gasteiger partial charge on any atom is 0.100 e. The van der Waals surface area contributed by atoms with Crippen LogP contribution in [-0.2, 0) is 11.0 Å². The van der Waals surface area contributed by atoms with Crippen LogP contribution in [0.4, 0.5) is 0 Å². The van der Waals surface area contributed by atoms with E-state index in [2.05, 4.69) is 98.9 Å². The summed E-state index contributed by atoms with van der Waals surface area (Å²) in [5.74, 6) is 5.76. The first-order chi connectivity index (χ1) is 22.1. The molecule has 46 heavy (non-hydrogen) atoms. The number of fused-ring (bicyclic) bond motifs is 1. The molecule has 0 aromatic heterocycles. The van der Waals surface area contributed by atoms with Gasteiger partial charge in [0.25, 0.3) is 0 Å². The molecule has 8 aliphatic carbocycles. The van der Waals surface area contributed by atoms with Crippen molar-refractivity contribution in [2.24, 2.45) is 35.5 Å². The Hall–Kier alpha value is -1.54. The molecule has 244 valence electrons. The summed E-state index contributed by atoms with van der Waals surface area (Å²) in [4.78, 5) is 0. The molecule has 0 spiro atoms. The normalized spacial score (nSPS) is 38.0. The Labute approximate surface area is 281 Å². The third-order valence-electron chi connectivity index (χ3n) is 13.7. The highest BCUT2D eigenvalue weighted by atomic mass is 32.2. The Balaban J connectivity index is 1.27. The average molecular weight is 652 g/mol. The highest BCUT2D eigenvalue weighted by Crippen LogP contribution is 2.78. The molecule has 0 N–H and O–H groups in total. The van der Waals surface area contributed by atoms with E-state index in [0.29, 0.717) is 10.3 Å². The third kappa shape index (κ3) is 4.87. The maximum absolute atomic E-state index is 14.5. The molecule has 0 radical (unpaired) electrons. The highest BCUT2D eigenvalue weighted by molar-refractivity contribution is 7.84.